The number of methoxy groups -OCH3 is 3. The monoisotopic (exact) mass is 522 g/mol. The predicted molar refractivity (Wildman–Crippen MR) is 144 cm³/mol. The lowest BCUT2D eigenvalue weighted by Gasteiger charge is -2.13. The molecule has 3 aromatic rings. The van der Waals surface area contributed by atoms with Crippen molar-refractivity contribution in [2.24, 2.45) is 0 Å². The van der Waals surface area contributed by atoms with Crippen LogP contribution in [0, 0.1) is 0 Å². The number of esters is 2. The Morgan fingerprint density at radius 1 is 0.895 bits per heavy atom. The van der Waals surface area contributed by atoms with Crippen LogP contribution in [0.25, 0.3) is 11.1 Å². The number of ether oxygens (including phenoxy) is 4. The average molecular weight is 523 g/mol. The standard InChI is InChI=1S/C29H34N2O7/c1-5-38-29(34)28-27(30-25(32)13-9-10-14-26(33)37-4)22(19-31(28)18-20-11-7-6-8-12-20)21-15-16-23(35-2)24(17-21)36-3/h6-8,11-12,15-17,19H,5,9-10,13-14,18H2,1-4H3,(H,30,32). The minimum Gasteiger partial charge on any atom is -0.493 e. The zero-order chi connectivity index (χ0) is 27.5. The van der Waals surface area contributed by atoms with Gasteiger partial charge in [-0.25, -0.2) is 4.79 Å². The van der Waals surface area contributed by atoms with E-state index in [0.29, 0.717) is 42.1 Å². The summed E-state index contributed by atoms with van der Waals surface area (Å²) in [6.45, 7) is 2.31. The second-order valence-electron chi connectivity index (χ2n) is 8.50. The Kier molecular flexibility index (Phi) is 10.3. The van der Waals surface area contributed by atoms with E-state index in [1.165, 1.54) is 7.11 Å². The number of unbranched alkanes of at least 4 members (excludes halogenated alkanes) is 1. The van der Waals surface area contributed by atoms with Crippen LogP contribution in [0.5, 0.6) is 11.5 Å². The third-order valence-corrected chi connectivity index (χ3v) is 5.96. The number of nitrogens with zero attached hydrogens (tertiary/aromatic N) is 1. The normalized spacial score (nSPS) is 10.5. The number of carbonyl (C=O) groups excluding carboxylic acids is 3. The van der Waals surface area contributed by atoms with Gasteiger partial charge in [-0.3, -0.25) is 9.59 Å². The lowest BCUT2D eigenvalue weighted by Crippen LogP contribution is -2.18. The van der Waals surface area contributed by atoms with Gasteiger partial charge in [0.05, 0.1) is 33.6 Å². The molecule has 0 aliphatic carbocycles. The summed E-state index contributed by atoms with van der Waals surface area (Å²) < 4.78 is 22.7. The quantitative estimate of drug-likeness (QED) is 0.247. The van der Waals surface area contributed by atoms with Gasteiger partial charge in [0.2, 0.25) is 5.91 Å². The first-order chi connectivity index (χ1) is 18.4. The Morgan fingerprint density at radius 2 is 1.61 bits per heavy atom. The minimum atomic E-state index is -0.545. The van der Waals surface area contributed by atoms with Gasteiger partial charge < -0.3 is 28.8 Å². The van der Waals surface area contributed by atoms with Crippen molar-refractivity contribution in [3.8, 4) is 22.6 Å². The summed E-state index contributed by atoms with van der Waals surface area (Å²) in [6.07, 6.45) is 3.25. The fraction of sp³-hybridized carbons (Fsp3) is 0.345. The van der Waals surface area contributed by atoms with Gasteiger partial charge >= 0.3 is 11.9 Å². The van der Waals surface area contributed by atoms with Crippen molar-refractivity contribution in [3.05, 3.63) is 66.0 Å². The molecule has 0 atom stereocenters. The fourth-order valence-corrected chi connectivity index (χ4v) is 4.09. The van der Waals surface area contributed by atoms with Crippen LogP contribution in [0.2, 0.25) is 0 Å². The summed E-state index contributed by atoms with van der Waals surface area (Å²) in [7, 11) is 4.43. The molecule has 0 saturated carbocycles. The molecule has 38 heavy (non-hydrogen) atoms. The van der Waals surface area contributed by atoms with Crippen molar-refractivity contribution in [1.29, 1.82) is 0 Å². The summed E-state index contributed by atoms with van der Waals surface area (Å²) in [6, 6.07) is 15.1. The van der Waals surface area contributed by atoms with E-state index in [4.69, 9.17) is 14.2 Å². The van der Waals surface area contributed by atoms with Crippen LogP contribution < -0.4 is 14.8 Å². The molecule has 9 nitrogen and oxygen atoms in total. The molecule has 0 aliphatic rings. The molecule has 9 heteroatoms. The summed E-state index contributed by atoms with van der Waals surface area (Å²) in [5.74, 6) is -0.0696. The number of hydrogen-bond donors (Lipinski definition) is 1. The van der Waals surface area contributed by atoms with Crippen molar-refractivity contribution in [2.75, 3.05) is 33.3 Å². The zero-order valence-electron chi connectivity index (χ0n) is 22.2. The van der Waals surface area contributed by atoms with Crippen LogP contribution in [0.1, 0.15) is 48.7 Å². The van der Waals surface area contributed by atoms with Gasteiger partial charge in [-0.1, -0.05) is 36.4 Å². The number of carbonyl (C=O) groups is 3. The fourth-order valence-electron chi connectivity index (χ4n) is 4.09. The number of amides is 1. The highest BCUT2D eigenvalue weighted by Gasteiger charge is 2.26. The Morgan fingerprint density at radius 3 is 2.26 bits per heavy atom. The summed E-state index contributed by atoms with van der Waals surface area (Å²) in [5, 5.41) is 2.94. The second-order valence-corrected chi connectivity index (χ2v) is 8.50. The van der Waals surface area contributed by atoms with E-state index in [9.17, 15) is 14.4 Å². The van der Waals surface area contributed by atoms with Crippen LogP contribution in [-0.4, -0.2) is 50.3 Å². The highest BCUT2D eigenvalue weighted by Crippen LogP contribution is 2.39. The average Bonchev–Trinajstić information content (AvgIpc) is 3.28. The largest absolute Gasteiger partial charge is 0.493 e. The molecule has 0 saturated heterocycles. The highest BCUT2D eigenvalue weighted by molar-refractivity contribution is 6.05. The topological polar surface area (TPSA) is 105 Å². The van der Waals surface area contributed by atoms with E-state index in [2.05, 4.69) is 10.1 Å². The predicted octanol–water partition coefficient (Wildman–Crippen LogP) is 5.07. The molecule has 202 valence electrons. The van der Waals surface area contributed by atoms with Crippen molar-refractivity contribution < 1.29 is 33.3 Å². The SMILES string of the molecule is CCOC(=O)c1c(NC(=O)CCCCC(=O)OC)c(-c2ccc(OC)c(OC)c2)cn1Cc1ccccc1. The molecule has 0 radical (unpaired) electrons. The molecular formula is C29H34N2O7. The number of nitrogens with one attached hydrogen (secondary N) is 1. The first-order valence-electron chi connectivity index (χ1n) is 12.4. The smallest absolute Gasteiger partial charge is 0.357 e. The molecule has 1 N–H and O–H groups in total. The van der Waals surface area contributed by atoms with E-state index < -0.39 is 5.97 Å². The molecule has 2 aromatic carbocycles. The van der Waals surface area contributed by atoms with Crippen molar-refractivity contribution >= 4 is 23.5 Å². The Bertz CT molecular complexity index is 1250. The molecule has 0 unspecified atom stereocenters. The Hall–Kier alpha value is -4.27. The summed E-state index contributed by atoms with van der Waals surface area (Å²) >= 11 is 0. The molecule has 0 aliphatic heterocycles. The van der Waals surface area contributed by atoms with Crippen molar-refractivity contribution in [2.45, 2.75) is 39.2 Å². The first kappa shape index (κ1) is 28.3. The lowest BCUT2D eigenvalue weighted by atomic mass is 10.1. The van der Waals surface area contributed by atoms with Crippen LogP contribution in [0.15, 0.2) is 54.7 Å². The van der Waals surface area contributed by atoms with Crippen LogP contribution in [0.3, 0.4) is 0 Å². The Labute approximate surface area is 222 Å². The third-order valence-electron chi connectivity index (χ3n) is 5.96. The summed E-state index contributed by atoms with van der Waals surface area (Å²) in [4.78, 5) is 37.6. The maximum atomic E-state index is 13.2. The zero-order valence-corrected chi connectivity index (χ0v) is 22.2. The summed E-state index contributed by atoms with van der Waals surface area (Å²) in [5.41, 5.74) is 2.93. The maximum Gasteiger partial charge on any atom is 0.357 e. The van der Waals surface area contributed by atoms with Crippen LogP contribution in [0.4, 0.5) is 5.69 Å². The van der Waals surface area contributed by atoms with Crippen LogP contribution in [-0.2, 0) is 25.6 Å². The Balaban J connectivity index is 2.04. The number of benzene rings is 2. The molecule has 0 fully saturated rings. The van der Waals surface area contributed by atoms with E-state index in [1.54, 1.807) is 37.8 Å². The third kappa shape index (κ3) is 7.15. The highest BCUT2D eigenvalue weighted by atomic mass is 16.5. The molecule has 1 heterocycles. The van der Waals surface area contributed by atoms with Gasteiger partial charge in [0, 0.05) is 31.1 Å². The lowest BCUT2D eigenvalue weighted by molar-refractivity contribution is -0.140. The van der Waals surface area contributed by atoms with Gasteiger partial charge in [-0.2, -0.15) is 0 Å². The number of hydrogen-bond acceptors (Lipinski definition) is 7. The number of aromatic nitrogens is 1. The van der Waals surface area contributed by atoms with Crippen molar-refractivity contribution in [1.82, 2.24) is 4.57 Å². The maximum absolute atomic E-state index is 13.2. The molecule has 3 rings (SSSR count). The first-order valence-corrected chi connectivity index (χ1v) is 12.4. The van der Waals surface area contributed by atoms with E-state index in [1.807, 2.05) is 42.6 Å². The van der Waals surface area contributed by atoms with E-state index in [-0.39, 0.29) is 37.0 Å². The van der Waals surface area contributed by atoms with Crippen molar-refractivity contribution in [3.63, 3.8) is 0 Å². The van der Waals surface area contributed by atoms with Gasteiger partial charge in [0.25, 0.3) is 0 Å². The van der Waals surface area contributed by atoms with Gasteiger partial charge in [0.1, 0.15) is 0 Å². The number of rotatable bonds is 13. The van der Waals surface area contributed by atoms with Gasteiger partial charge in [-0.05, 0) is 43.0 Å². The molecule has 1 amide bonds. The molecule has 0 spiro atoms. The van der Waals surface area contributed by atoms with Gasteiger partial charge in [-0.15, -0.1) is 0 Å². The molecule has 1 aromatic heterocycles. The minimum absolute atomic E-state index is 0.175. The van der Waals surface area contributed by atoms with E-state index in [0.717, 1.165) is 11.1 Å². The van der Waals surface area contributed by atoms with Crippen LogP contribution >= 0.6 is 0 Å². The number of anilines is 1. The van der Waals surface area contributed by atoms with E-state index >= 15 is 0 Å². The molecular weight excluding hydrogens is 488 g/mol. The van der Waals surface area contributed by atoms with Gasteiger partial charge in [0.15, 0.2) is 17.2 Å². The second kappa shape index (κ2) is 13.9. The molecule has 0 bridgehead atoms.